The summed E-state index contributed by atoms with van der Waals surface area (Å²) in [6, 6.07) is 13.6. The molecule has 9 heteroatoms. The molecule has 1 aromatic heterocycles. The third-order valence-electron chi connectivity index (χ3n) is 4.05. The minimum atomic E-state index is -0.452. The quantitative estimate of drug-likeness (QED) is 0.579. The maximum absolute atomic E-state index is 12.5. The molecule has 0 fully saturated rings. The van der Waals surface area contributed by atoms with Crippen LogP contribution in [0.25, 0.3) is 11.3 Å². The molecule has 3 aromatic rings. The van der Waals surface area contributed by atoms with Crippen LogP contribution in [0.2, 0.25) is 5.02 Å². The predicted molar refractivity (Wildman–Crippen MR) is 115 cm³/mol. The Hall–Kier alpha value is -2.84. The van der Waals surface area contributed by atoms with Gasteiger partial charge < -0.3 is 14.8 Å². The average Bonchev–Trinajstić information content (AvgIpc) is 2.70. The highest BCUT2D eigenvalue weighted by atomic mass is 79.9. The number of aromatic nitrogens is 2. The van der Waals surface area contributed by atoms with E-state index in [4.69, 9.17) is 21.1 Å². The van der Waals surface area contributed by atoms with Crippen molar-refractivity contribution in [2.24, 2.45) is 0 Å². The lowest BCUT2D eigenvalue weighted by atomic mass is 10.1. The molecular weight excluding hydrogens is 462 g/mol. The van der Waals surface area contributed by atoms with Gasteiger partial charge in [0.25, 0.3) is 5.56 Å². The summed E-state index contributed by atoms with van der Waals surface area (Å²) in [4.78, 5) is 24.7. The molecule has 0 aliphatic heterocycles. The van der Waals surface area contributed by atoms with Crippen molar-refractivity contribution in [2.45, 2.75) is 6.54 Å². The Kier molecular flexibility index (Phi) is 6.56. The number of benzene rings is 2. The van der Waals surface area contributed by atoms with Crippen molar-refractivity contribution in [2.75, 3.05) is 19.5 Å². The van der Waals surface area contributed by atoms with Crippen molar-refractivity contribution in [3.05, 3.63) is 68.4 Å². The van der Waals surface area contributed by atoms with Gasteiger partial charge in [0.2, 0.25) is 5.91 Å². The number of amides is 1. The van der Waals surface area contributed by atoms with Crippen LogP contribution in [0.15, 0.2) is 57.8 Å². The number of methoxy groups -OCH3 is 2. The molecule has 1 amide bonds. The molecule has 0 aliphatic rings. The van der Waals surface area contributed by atoms with Crippen LogP contribution >= 0.6 is 27.5 Å². The Morgan fingerprint density at radius 1 is 1.10 bits per heavy atom. The van der Waals surface area contributed by atoms with Crippen LogP contribution in [0.4, 0.5) is 5.69 Å². The first-order chi connectivity index (χ1) is 13.9. The molecule has 29 heavy (non-hydrogen) atoms. The number of nitrogens with zero attached hydrogens (tertiary/aromatic N) is 2. The van der Waals surface area contributed by atoms with E-state index >= 15 is 0 Å². The van der Waals surface area contributed by atoms with Gasteiger partial charge in [0.05, 0.1) is 30.6 Å². The van der Waals surface area contributed by atoms with Crippen molar-refractivity contribution in [1.82, 2.24) is 9.78 Å². The summed E-state index contributed by atoms with van der Waals surface area (Å²) in [6.45, 7) is -0.268. The van der Waals surface area contributed by atoms with Crippen molar-refractivity contribution in [3.8, 4) is 22.8 Å². The lowest BCUT2D eigenvalue weighted by molar-refractivity contribution is -0.117. The number of rotatable bonds is 6. The van der Waals surface area contributed by atoms with E-state index in [1.807, 2.05) is 24.3 Å². The summed E-state index contributed by atoms with van der Waals surface area (Å²) >= 11 is 9.50. The lowest BCUT2D eigenvalue weighted by Crippen LogP contribution is -2.29. The second-order valence-electron chi connectivity index (χ2n) is 5.96. The Bertz CT molecular complexity index is 1100. The molecule has 0 saturated carbocycles. The van der Waals surface area contributed by atoms with Crippen molar-refractivity contribution < 1.29 is 14.3 Å². The van der Waals surface area contributed by atoms with E-state index in [9.17, 15) is 9.59 Å². The van der Waals surface area contributed by atoms with Gasteiger partial charge in [0.15, 0.2) is 0 Å². The number of carbonyl (C=O) groups is 1. The zero-order valence-corrected chi connectivity index (χ0v) is 18.0. The predicted octanol–water partition coefficient (Wildman–Crippen LogP) is 3.98. The summed E-state index contributed by atoms with van der Waals surface area (Å²) < 4.78 is 12.4. The monoisotopic (exact) mass is 477 g/mol. The smallest absolute Gasteiger partial charge is 0.267 e. The molecule has 0 saturated heterocycles. The van der Waals surface area contributed by atoms with Crippen LogP contribution < -0.4 is 20.3 Å². The summed E-state index contributed by atoms with van der Waals surface area (Å²) in [5.74, 6) is 0.345. The molecule has 3 rings (SSSR count). The first-order valence-corrected chi connectivity index (χ1v) is 9.64. The Labute approximate surface area is 180 Å². The highest BCUT2D eigenvalue weighted by Gasteiger charge is 2.14. The van der Waals surface area contributed by atoms with Crippen molar-refractivity contribution >= 4 is 39.1 Å². The number of hydrogen-bond donors (Lipinski definition) is 1. The van der Waals surface area contributed by atoms with Crippen LogP contribution in [0.5, 0.6) is 11.5 Å². The van der Waals surface area contributed by atoms with Gasteiger partial charge in [-0.3, -0.25) is 9.59 Å². The van der Waals surface area contributed by atoms with E-state index in [0.29, 0.717) is 27.9 Å². The number of anilines is 1. The number of halogens is 2. The summed E-state index contributed by atoms with van der Waals surface area (Å²) in [5, 5.41) is 7.29. The van der Waals surface area contributed by atoms with Gasteiger partial charge in [0, 0.05) is 22.2 Å². The number of hydrogen-bond acceptors (Lipinski definition) is 5. The topological polar surface area (TPSA) is 82.4 Å². The first kappa shape index (κ1) is 20.9. The van der Waals surface area contributed by atoms with E-state index in [0.717, 1.165) is 14.7 Å². The van der Waals surface area contributed by atoms with E-state index in [-0.39, 0.29) is 12.1 Å². The normalized spacial score (nSPS) is 10.5. The van der Waals surface area contributed by atoms with Crippen molar-refractivity contribution in [1.29, 1.82) is 0 Å². The molecule has 0 spiro atoms. The van der Waals surface area contributed by atoms with Gasteiger partial charge >= 0.3 is 0 Å². The third-order valence-corrected chi connectivity index (χ3v) is 4.87. The van der Waals surface area contributed by atoms with Crippen molar-refractivity contribution in [3.63, 3.8) is 0 Å². The largest absolute Gasteiger partial charge is 0.495 e. The second-order valence-corrected chi connectivity index (χ2v) is 7.28. The van der Waals surface area contributed by atoms with Gasteiger partial charge in [-0.2, -0.15) is 5.10 Å². The third kappa shape index (κ3) is 4.96. The lowest BCUT2D eigenvalue weighted by Gasteiger charge is -2.13. The maximum Gasteiger partial charge on any atom is 0.267 e. The zero-order valence-electron chi connectivity index (χ0n) is 15.6. The van der Waals surface area contributed by atoms with E-state index in [1.165, 1.54) is 26.4 Å². The highest BCUT2D eigenvalue weighted by Crippen LogP contribution is 2.35. The van der Waals surface area contributed by atoms with Gasteiger partial charge in [-0.15, -0.1) is 0 Å². The van der Waals surface area contributed by atoms with Crippen LogP contribution in [0, 0.1) is 0 Å². The fourth-order valence-electron chi connectivity index (χ4n) is 2.62. The number of nitrogens with one attached hydrogen (secondary N) is 1. The summed E-state index contributed by atoms with van der Waals surface area (Å²) in [5.41, 5.74) is 1.38. The molecule has 0 radical (unpaired) electrons. The second kappa shape index (κ2) is 9.11. The molecule has 0 aliphatic carbocycles. The minimum absolute atomic E-state index is 0.268. The molecule has 0 bridgehead atoms. The Balaban J connectivity index is 1.82. The van der Waals surface area contributed by atoms with Crippen LogP contribution in [-0.4, -0.2) is 29.9 Å². The fourth-order valence-corrected chi connectivity index (χ4v) is 3.13. The van der Waals surface area contributed by atoms with Crippen LogP contribution in [-0.2, 0) is 11.3 Å². The number of ether oxygens (including phenoxy) is 2. The molecule has 1 N–H and O–H groups in total. The summed E-state index contributed by atoms with van der Waals surface area (Å²) in [7, 11) is 2.95. The molecule has 7 nitrogen and oxygen atoms in total. The average molecular weight is 479 g/mol. The molecule has 0 unspecified atom stereocenters. The Morgan fingerprint density at radius 3 is 2.45 bits per heavy atom. The molecule has 2 aromatic carbocycles. The SMILES string of the molecule is COc1cc(OC)c(NC(=O)Cn2nc(-c3ccc(Br)cc3)ccc2=O)cc1Cl. The van der Waals surface area contributed by atoms with Gasteiger partial charge in [0.1, 0.15) is 18.0 Å². The standard InChI is InChI=1S/C20H17BrClN3O4/c1-28-17-10-18(29-2)16(9-14(17)22)23-19(26)11-25-20(27)8-7-15(24-25)12-3-5-13(21)6-4-12/h3-10H,11H2,1-2H3,(H,23,26). The van der Waals surface area contributed by atoms with Gasteiger partial charge in [-0.05, 0) is 24.3 Å². The first-order valence-electron chi connectivity index (χ1n) is 8.46. The van der Waals surface area contributed by atoms with E-state index in [2.05, 4.69) is 26.3 Å². The molecular formula is C20H17BrClN3O4. The molecule has 1 heterocycles. The molecule has 150 valence electrons. The fraction of sp³-hybridized carbons (Fsp3) is 0.150. The minimum Gasteiger partial charge on any atom is -0.495 e. The molecule has 0 atom stereocenters. The number of carbonyl (C=O) groups excluding carboxylic acids is 1. The van der Waals surface area contributed by atoms with E-state index in [1.54, 1.807) is 12.1 Å². The Morgan fingerprint density at radius 2 is 1.79 bits per heavy atom. The summed E-state index contributed by atoms with van der Waals surface area (Å²) in [6.07, 6.45) is 0. The van der Waals surface area contributed by atoms with Gasteiger partial charge in [-0.1, -0.05) is 39.7 Å². The van der Waals surface area contributed by atoms with E-state index < -0.39 is 5.91 Å². The highest BCUT2D eigenvalue weighted by molar-refractivity contribution is 9.10. The van der Waals surface area contributed by atoms with Crippen LogP contribution in [0.1, 0.15) is 0 Å². The zero-order chi connectivity index (χ0) is 21.0. The van der Waals surface area contributed by atoms with Crippen LogP contribution in [0.3, 0.4) is 0 Å². The van der Waals surface area contributed by atoms with Gasteiger partial charge in [-0.25, -0.2) is 4.68 Å². The maximum atomic E-state index is 12.5.